The lowest BCUT2D eigenvalue weighted by atomic mass is 10.1. The molecule has 1 aromatic carbocycles. The highest BCUT2D eigenvalue weighted by atomic mass is 35.5. The number of aryl methyl sites for hydroxylation is 1. The van der Waals surface area contributed by atoms with Crippen molar-refractivity contribution in [2.24, 2.45) is 0 Å². The molecule has 0 radical (unpaired) electrons. The van der Waals surface area contributed by atoms with Gasteiger partial charge < -0.3 is 5.11 Å². The Labute approximate surface area is 110 Å². The van der Waals surface area contributed by atoms with E-state index in [9.17, 15) is 9.50 Å². The highest BCUT2D eigenvalue weighted by Crippen LogP contribution is 2.29. The van der Waals surface area contributed by atoms with E-state index in [4.69, 9.17) is 11.6 Å². The first-order chi connectivity index (χ1) is 8.65. The summed E-state index contributed by atoms with van der Waals surface area (Å²) in [5.74, 6) is -0.453. The van der Waals surface area contributed by atoms with Gasteiger partial charge in [-0.1, -0.05) is 36.7 Å². The summed E-state index contributed by atoms with van der Waals surface area (Å²) in [5.41, 5.74) is 0.640. The Bertz CT molecular complexity index is 542. The van der Waals surface area contributed by atoms with Gasteiger partial charge in [0.25, 0.3) is 0 Å². The fourth-order valence-corrected chi connectivity index (χ4v) is 2.12. The van der Waals surface area contributed by atoms with Crippen molar-refractivity contribution in [3.05, 3.63) is 52.6 Å². The van der Waals surface area contributed by atoms with Crippen LogP contribution < -0.4 is 0 Å². The maximum absolute atomic E-state index is 13.6. The molecule has 1 N–H and O–H groups in total. The van der Waals surface area contributed by atoms with Crippen LogP contribution in [-0.2, 0) is 6.54 Å². The van der Waals surface area contributed by atoms with Crippen LogP contribution in [0.2, 0.25) is 5.02 Å². The first kappa shape index (κ1) is 13.1. The summed E-state index contributed by atoms with van der Waals surface area (Å²) in [6.45, 7) is 2.63. The molecule has 5 heteroatoms. The van der Waals surface area contributed by atoms with E-state index in [-0.39, 0.29) is 5.56 Å². The summed E-state index contributed by atoms with van der Waals surface area (Å²) < 4.78 is 15.3. The molecule has 2 aromatic rings. The molecule has 0 aliphatic carbocycles. The van der Waals surface area contributed by atoms with Crippen molar-refractivity contribution in [2.45, 2.75) is 26.0 Å². The molecule has 0 spiro atoms. The second-order valence-corrected chi connectivity index (χ2v) is 4.43. The number of halogens is 2. The van der Waals surface area contributed by atoms with Crippen LogP contribution in [0.1, 0.15) is 30.7 Å². The lowest BCUT2D eigenvalue weighted by Gasteiger charge is -2.14. The number of benzene rings is 1. The molecule has 0 aliphatic rings. The zero-order valence-corrected chi connectivity index (χ0v) is 10.7. The van der Waals surface area contributed by atoms with Crippen LogP contribution in [0.15, 0.2) is 30.5 Å². The number of hydrogen-bond donors (Lipinski definition) is 1. The zero-order chi connectivity index (χ0) is 13.1. The summed E-state index contributed by atoms with van der Waals surface area (Å²) in [7, 11) is 0. The highest BCUT2D eigenvalue weighted by Gasteiger charge is 2.21. The molecule has 1 aromatic heterocycles. The third kappa shape index (κ3) is 2.40. The lowest BCUT2D eigenvalue weighted by Crippen LogP contribution is -2.11. The number of rotatable bonds is 4. The maximum Gasteiger partial charge on any atom is 0.129 e. The molecular formula is C13H14ClFN2O. The summed E-state index contributed by atoms with van der Waals surface area (Å²) in [5, 5.41) is 14.7. The van der Waals surface area contributed by atoms with Gasteiger partial charge in [0, 0.05) is 12.1 Å². The molecule has 1 unspecified atom stereocenters. The second kappa shape index (κ2) is 5.50. The Kier molecular flexibility index (Phi) is 3.99. The largest absolute Gasteiger partial charge is 0.382 e. The smallest absolute Gasteiger partial charge is 0.129 e. The SMILES string of the molecule is CCCn1ncc(Cl)c1C(O)c1ccccc1F. The molecule has 0 amide bonds. The van der Waals surface area contributed by atoms with Crippen LogP contribution in [0, 0.1) is 5.82 Å². The Morgan fingerprint density at radius 2 is 2.17 bits per heavy atom. The maximum atomic E-state index is 13.6. The summed E-state index contributed by atoms with van der Waals surface area (Å²) >= 11 is 6.01. The Balaban J connectivity index is 2.42. The van der Waals surface area contributed by atoms with Gasteiger partial charge in [-0.2, -0.15) is 5.10 Å². The molecule has 1 heterocycles. The molecule has 0 fully saturated rings. The summed E-state index contributed by atoms with van der Waals surface area (Å²) in [6, 6.07) is 6.11. The van der Waals surface area contributed by atoms with Crippen LogP contribution in [0.4, 0.5) is 4.39 Å². The molecule has 0 saturated heterocycles. The predicted molar refractivity (Wildman–Crippen MR) is 68.0 cm³/mol. The molecule has 3 nitrogen and oxygen atoms in total. The van der Waals surface area contributed by atoms with E-state index in [1.807, 2.05) is 6.92 Å². The number of aromatic nitrogens is 2. The van der Waals surface area contributed by atoms with Crippen molar-refractivity contribution < 1.29 is 9.50 Å². The highest BCUT2D eigenvalue weighted by molar-refractivity contribution is 6.31. The third-order valence-corrected chi connectivity index (χ3v) is 3.02. The minimum absolute atomic E-state index is 0.206. The van der Waals surface area contributed by atoms with E-state index in [0.717, 1.165) is 6.42 Å². The van der Waals surface area contributed by atoms with Gasteiger partial charge in [-0.3, -0.25) is 4.68 Å². The van der Waals surface area contributed by atoms with Gasteiger partial charge in [0.1, 0.15) is 11.9 Å². The van der Waals surface area contributed by atoms with Crippen molar-refractivity contribution in [3.8, 4) is 0 Å². The van der Waals surface area contributed by atoms with Crippen LogP contribution >= 0.6 is 11.6 Å². The molecule has 0 aliphatic heterocycles. The molecule has 1 atom stereocenters. The number of hydrogen-bond acceptors (Lipinski definition) is 2. The van der Waals surface area contributed by atoms with Crippen LogP contribution in [0.5, 0.6) is 0 Å². The average Bonchev–Trinajstić information content (AvgIpc) is 2.71. The van der Waals surface area contributed by atoms with Crippen LogP contribution in [-0.4, -0.2) is 14.9 Å². The minimum Gasteiger partial charge on any atom is -0.382 e. The molecule has 0 bridgehead atoms. The van der Waals surface area contributed by atoms with Gasteiger partial charge in [-0.25, -0.2) is 4.39 Å². The predicted octanol–water partition coefficient (Wildman–Crippen LogP) is 3.17. The van der Waals surface area contributed by atoms with Gasteiger partial charge in [0.05, 0.1) is 16.9 Å². The van der Waals surface area contributed by atoms with Crippen molar-refractivity contribution in [3.63, 3.8) is 0 Å². The quantitative estimate of drug-likeness (QED) is 0.925. The molecular weight excluding hydrogens is 255 g/mol. The number of aliphatic hydroxyl groups excluding tert-OH is 1. The van der Waals surface area contributed by atoms with E-state index in [0.29, 0.717) is 17.3 Å². The fourth-order valence-electron chi connectivity index (χ4n) is 1.88. The van der Waals surface area contributed by atoms with Gasteiger partial charge in [0.15, 0.2) is 0 Å². The first-order valence-electron chi connectivity index (χ1n) is 5.78. The van der Waals surface area contributed by atoms with Crippen LogP contribution in [0.3, 0.4) is 0 Å². The molecule has 96 valence electrons. The Hall–Kier alpha value is -1.39. The molecule has 0 saturated carbocycles. The van der Waals surface area contributed by atoms with Crippen molar-refractivity contribution >= 4 is 11.6 Å². The molecule has 18 heavy (non-hydrogen) atoms. The Morgan fingerprint density at radius 3 is 2.83 bits per heavy atom. The van der Waals surface area contributed by atoms with Crippen molar-refractivity contribution in [1.29, 1.82) is 0 Å². The average molecular weight is 269 g/mol. The number of nitrogens with zero attached hydrogens (tertiary/aromatic N) is 2. The lowest BCUT2D eigenvalue weighted by molar-refractivity contribution is 0.202. The van der Waals surface area contributed by atoms with Gasteiger partial charge in [-0.15, -0.1) is 0 Å². The van der Waals surface area contributed by atoms with E-state index >= 15 is 0 Å². The zero-order valence-electron chi connectivity index (χ0n) is 9.98. The topological polar surface area (TPSA) is 38.0 Å². The fraction of sp³-hybridized carbons (Fsp3) is 0.308. The van der Waals surface area contributed by atoms with Gasteiger partial charge in [0.2, 0.25) is 0 Å². The van der Waals surface area contributed by atoms with Crippen molar-refractivity contribution in [1.82, 2.24) is 9.78 Å². The van der Waals surface area contributed by atoms with E-state index in [1.54, 1.807) is 22.9 Å². The molecule has 2 rings (SSSR count). The monoisotopic (exact) mass is 268 g/mol. The van der Waals surface area contributed by atoms with E-state index in [1.165, 1.54) is 12.3 Å². The normalized spacial score (nSPS) is 12.7. The summed E-state index contributed by atoms with van der Waals surface area (Å²) in [6.07, 6.45) is 1.22. The number of aliphatic hydroxyl groups is 1. The standard InChI is InChI=1S/C13H14ClFN2O/c1-2-7-17-12(10(14)8-16-17)13(18)9-5-3-4-6-11(9)15/h3-6,8,13,18H,2,7H2,1H3. The minimum atomic E-state index is -1.10. The van der Waals surface area contributed by atoms with E-state index in [2.05, 4.69) is 5.10 Å². The van der Waals surface area contributed by atoms with E-state index < -0.39 is 11.9 Å². The van der Waals surface area contributed by atoms with Gasteiger partial charge in [-0.05, 0) is 12.5 Å². The second-order valence-electron chi connectivity index (χ2n) is 4.02. The van der Waals surface area contributed by atoms with Crippen molar-refractivity contribution in [2.75, 3.05) is 0 Å². The summed E-state index contributed by atoms with van der Waals surface area (Å²) in [4.78, 5) is 0. The van der Waals surface area contributed by atoms with Gasteiger partial charge >= 0.3 is 0 Å². The Morgan fingerprint density at radius 1 is 1.44 bits per heavy atom. The first-order valence-corrected chi connectivity index (χ1v) is 6.16. The third-order valence-electron chi connectivity index (χ3n) is 2.73. The van der Waals surface area contributed by atoms with Crippen LogP contribution in [0.25, 0.3) is 0 Å².